The Kier molecular flexibility index (Phi) is 5.50. The maximum Gasteiger partial charge on any atom is 0.227 e. The summed E-state index contributed by atoms with van der Waals surface area (Å²) in [5.41, 5.74) is 0. The lowest BCUT2D eigenvalue weighted by molar-refractivity contribution is 0.575. The van der Waals surface area contributed by atoms with Crippen molar-refractivity contribution in [1.82, 2.24) is 4.72 Å². The zero-order valence-corrected chi connectivity index (χ0v) is 8.02. The van der Waals surface area contributed by atoms with E-state index >= 15 is 0 Å². The molecule has 0 aliphatic heterocycles. The van der Waals surface area contributed by atoms with Gasteiger partial charge in [-0.25, -0.2) is 8.42 Å². The summed E-state index contributed by atoms with van der Waals surface area (Å²) in [4.78, 5) is 0. The molecule has 0 saturated heterocycles. The summed E-state index contributed by atoms with van der Waals surface area (Å²) in [6.07, 6.45) is 3.04. The Hall–Kier alpha value is -0.0900. The molecule has 67 valence electrons. The molecule has 0 amide bonds. The number of hydrogen-bond acceptors (Lipinski definition) is 2. The van der Waals surface area contributed by atoms with E-state index in [1.165, 1.54) is 0 Å². The first kappa shape index (κ1) is 10.9. The van der Waals surface area contributed by atoms with E-state index in [0.717, 1.165) is 19.3 Å². The molecular weight excluding hydrogens is 162 g/mol. The van der Waals surface area contributed by atoms with Crippen LogP contribution >= 0.6 is 0 Å². The van der Waals surface area contributed by atoms with Crippen LogP contribution in [0.3, 0.4) is 0 Å². The molecule has 0 aromatic heterocycles. The van der Waals surface area contributed by atoms with Crippen LogP contribution in [0.25, 0.3) is 0 Å². The zero-order chi connectivity index (χ0) is 8.74. The van der Waals surface area contributed by atoms with E-state index in [0.29, 0.717) is 6.54 Å². The van der Waals surface area contributed by atoms with Crippen LogP contribution in [0, 0.1) is 0 Å². The second-order valence-corrected chi connectivity index (χ2v) is 4.43. The molecule has 4 heteroatoms. The molecule has 0 unspecified atom stereocenters. The first-order valence-corrected chi connectivity index (χ1v) is 5.64. The third kappa shape index (κ3) is 6.31. The standard InChI is InChI=1S/C7H16NO2S/c1-3-5-6-7-8-11(9,10)4-2/h3-7H2,1-2H3. The van der Waals surface area contributed by atoms with Gasteiger partial charge in [-0.05, 0) is 13.3 Å². The zero-order valence-electron chi connectivity index (χ0n) is 7.21. The maximum atomic E-state index is 10.8. The van der Waals surface area contributed by atoms with Crippen LogP contribution in [0.5, 0.6) is 0 Å². The molecule has 0 aromatic rings. The molecule has 0 spiro atoms. The fraction of sp³-hybridized carbons (Fsp3) is 1.00. The van der Waals surface area contributed by atoms with E-state index in [1.54, 1.807) is 6.92 Å². The van der Waals surface area contributed by atoms with Gasteiger partial charge in [-0.3, -0.25) is 0 Å². The smallest absolute Gasteiger partial charge is 0.211 e. The fourth-order valence-corrected chi connectivity index (χ4v) is 1.25. The Morgan fingerprint density at radius 3 is 2.27 bits per heavy atom. The third-order valence-corrected chi connectivity index (χ3v) is 2.72. The lowest BCUT2D eigenvalue weighted by Crippen LogP contribution is -2.18. The van der Waals surface area contributed by atoms with Gasteiger partial charge in [0.1, 0.15) is 0 Å². The Labute approximate surface area is 69.2 Å². The SMILES string of the molecule is CCCCC[N]S(=O)(=O)CC. The quantitative estimate of drug-likeness (QED) is 0.572. The molecule has 0 fully saturated rings. The second-order valence-electron chi connectivity index (χ2n) is 2.43. The van der Waals surface area contributed by atoms with Crippen LogP contribution in [0.2, 0.25) is 0 Å². The first-order valence-electron chi connectivity index (χ1n) is 4.04. The monoisotopic (exact) mass is 178 g/mol. The van der Waals surface area contributed by atoms with Crippen LogP contribution < -0.4 is 4.72 Å². The largest absolute Gasteiger partial charge is 0.227 e. The second kappa shape index (κ2) is 5.55. The van der Waals surface area contributed by atoms with Crippen molar-refractivity contribution < 1.29 is 8.42 Å². The molecule has 0 atom stereocenters. The average Bonchev–Trinajstić information content (AvgIpc) is 1.99. The molecule has 0 saturated carbocycles. The Balaban J connectivity index is 3.39. The van der Waals surface area contributed by atoms with E-state index in [4.69, 9.17) is 0 Å². The van der Waals surface area contributed by atoms with E-state index in [1.807, 2.05) is 0 Å². The van der Waals surface area contributed by atoms with Gasteiger partial charge >= 0.3 is 0 Å². The summed E-state index contributed by atoms with van der Waals surface area (Å²) in [5, 5.41) is 0. The highest BCUT2D eigenvalue weighted by molar-refractivity contribution is 7.89. The highest BCUT2D eigenvalue weighted by Gasteiger charge is 2.05. The van der Waals surface area contributed by atoms with Crippen molar-refractivity contribution in [1.29, 1.82) is 0 Å². The summed E-state index contributed by atoms with van der Waals surface area (Å²) in [7, 11) is -3.07. The minimum absolute atomic E-state index is 0.124. The topological polar surface area (TPSA) is 48.2 Å². The van der Waals surface area contributed by atoms with Crippen molar-refractivity contribution in [2.45, 2.75) is 33.1 Å². The lowest BCUT2D eigenvalue weighted by atomic mass is 10.3. The number of rotatable bonds is 6. The van der Waals surface area contributed by atoms with Gasteiger partial charge in [0.25, 0.3) is 0 Å². The average molecular weight is 178 g/mol. The van der Waals surface area contributed by atoms with Crippen LogP contribution in [-0.4, -0.2) is 20.7 Å². The number of nitrogens with zero attached hydrogens (tertiary/aromatic N) is 1. The van der Waals surface area contributed by atoms with Gasteiger partial charge in [-0.1, -0.05) is 19.8 Å². The van der Waals surface area contributed by atoms with E-state index in [-0.39, 0.29) is 5.75 Å². The molecule has 1 radical (unpaired) electrons. The van der Waals surface area contributed by atoms with E-state index in [2.05, 4.69) is 11.6 Å². The molecule has 0 heterocycles. The summed E-state index contributed by atoms with van der Waals surface area (Å²) in [6.45, 7) is 4.15. The molecule has 0 aliphatic rings. The highest BCUT2D eigenvalue weighted by Crippen LogP contribution is 1.94. The molecule has 0 N–H and O–H groups in total. The molecule has 0 aromatic carbocycles. The van der Waals surface area contributed by atoms with Crippen molar-refractivity contribution in [3.05, 3.63) is 0 Å². The van der Waals surface area contributed by atoms with Crippen molar-refractivity contribution in [2.24, 2.45) is 0 Å². The van der Waals surface area contributed by atoms with Crippen LogP contribution in [0.15, 0.2) is 0 Å². The minimum Gasteiger partial charge on any atom is -0.211 e. The summed E-state index contributed by atoms with van der Waals surface area (Å²) >= 11 is 0. The highest BCUT2D eigenvalue weighted by atomic mass is 32.2. The van der Waals surface area contributed by atoms with Gasteiger partial charge in [0.15, 0.2) is 0 Å². The minimum atomic E-state index is -3.07. The molecule has 0 aliphatic carbocycles. The Morgan fingerprint density at radius 1 is 1.18 bits per heavy atom. The lowest BCUT2D eigenvalue weighted by Gasteiger charge is -1.99. The summed E-state index contributed by atoms with van der Waals surface area (Å²) in [6, 6.07) is 0. The van der Waals surface area contributed by atoms with Crippen LogP contribution in [-0.2, 0) is 10.0 Å². The maximum absolute atomic E-state index is 10.8. The molecular formula is C7H16NO2S. The third-order valence-electron chi connectivity index (χ3n) is 1.41. The Morgan fingerprint density at radius 2 is 1.82 bits per heavy atom. The first-order chi connectivity index (χ1) is 5.12. The molecule has 3 nitrogen and oxygen atoms in total. The molecule has 11 heavy (non-hydrogen) atoms. The molecule has 0 rings (SSSR count). The number of hydrogen-bond donors (Lipinski definition) is 0. The van der Waals surface area contributed by atoms with E-state index in [9.17, 15) is 8.42 Å². The van der Waals surface area contributed by atoms with Gasteiger partial charge in [-0.15, -0.1) is 4.72 Å². The van der Waals surface area contributed by atoms with Crippen LogP contribution in [0.1, 0.15) is 33.1 Å². The predicted molar refractivity (Wildman–Crippen MR) is 46.0 cm³/mol. The van der Waals surface area contributed by atoms with Crippen molar-refractivity contribution >= 4 is 10.0 Å². The summed E-state index contributed by atoms with van der Waals surface area (Å²) < 4.78 is 25.2. The number of sulfonamides is 1. The van der Waals surface area contributed by atoms with Gasteiger partial charge < -0.3 is 0 Å². The fourth-order valence-electron chi connectivity index (χ4n) is 0.657. The van der Waals surface area contributed by atoms with E-state index < -0.39 is 10.0 Å². The Bertz CT molecular complexity index is 175. The predicted octanol–water partition coefficient (Wildman–Crippen LogP) is 1.13. The van der Waals surface area contributed by atoms with Gasteiger partial charge in [0.05, 0.1) is 5.75 Å². The molecule has 0 bridgehead atoms. The van der Waals surface area contributed by atoms with Gasteiger partial charge in [0.2, 0.25) is 10.0 Å². The normalized spacial score (nSPS) is 11.8. The van der Waals surface area contributed by atoms with Crippen molar-refractivity contribution in [3.63, 3.8) is 0 Å². The van der Waals surface area contributed by atoms with Crippen molar-refractivity contribution in [3.8, 4) is 0 Å². The van der Waals surface area contributed by atoms with Gasteiger partial charge in [0, 0.05) is 6.54 Å². The van der Waals surface area contributed by atoms with Crippen LogP contribution in [0.4, 0.5) is 0 Å². The van der Waals surface area contributed by atoms with Gasteiger partial charge in [-0.2, -0.15) is 0 Å². The summed E-state index contributed by atoms with van der Waals surface area (Å²) in [5.74, 6) is 0.124. The number of unbranched alkanes of at least 4 members (excludes halogenated alkanes) is 2. The van der Waals surface area contributed by atoms with Crippen molar-refractivity contribution in [2.75, 3.05) is 12.3 Å².